The Bertz CT molecular complexity index is 1300. The van der Waals surface area contributed by atoms with Crippen molar-refractivity contribution in [3.8, 4) is 5.75 Å². The molecule has 4 aromatic rings. The maximum atomic E-state index is 13.6. The van der Waals surface area contributed by atoms with Gasteiger partial charge < -0.3 is 14.4 Å². The molecule has 0 saturated heterocycles. The van der Waals surface area contributed by atoms with E-state index in [0.29, 0.717) is 38.8 Å². The predicted octanol–water partition coefficient (Wildman–Crippen LogP) is 4.79. The number of hydrogen-bond donors (Lipinski definition) is 1. The third-order valence-corrected chi connectivity index (χ3v) is 5.93. The third kappa shape index (κ3) is 4.50. The minimum Gasteiger partial charge on any atom is -0.496 e. The van der Waals surface area contributed by atoms with Gasteiger partial charge in [-0.3, -0.25) is 9.59 Å². The molecular weight excluding hydrogens is 431 g/mol. The summed E-state index contributed by atoms with van der Waals surface area (Å²) in [7, 11) is 1.55. The molecule has 0 spiro atoms. The molecule has 0 aliphatic carbocycles. The molecule has 0 amide bonds. The highest BCUT2D eigenvalue weighted by Gasteiger charge is 2.17. The number of rotatable bonds is 8. The Kier molecular flexibility index (Phi) is 6.23. The normalized spacial score (nSPS) is 10.9. The number of carbonyl (C=O) groups excluding carboxylic acids is 1. The number of carbonyl (C=O) groups is 2. The standard InChI is InChI=1S/C24H19FN2O4S/c1-31-21-10-7-16(23(30)15-5-3-2-4-6-15)11-17(21)14-32-24-26-19-12-18(25)8-9-20(19)27(24)13-22(28)29/h2-12H,13-14H2,1H3,(H,28,29). The van der Waals surface area contributed by atoms with Crippen LogP contribution in [-0.2, 0) is 17.1 Å². The molecule has 0 radical (unpaired) electrons. The molecule has 0 atom stereocenters. The van der Waals surface area contributed by atoms with Crippen LogP contribution in [0.25, 0.3) is 11.0 Å². The fourth-order valence-electron chi connectivity index (χ4n) is 3.41. The molecule has 1 N–H and O–H groups in total. The quantitative estimate of drug-likeness (QED) is 0.307. The summed E-state index contributed by atoms with van der Waals surface area (Å²) in [4.78, 5) is 28.6. The Morgan fingerprint density at radius 2 is 1.84 bits per heavy atom. The molecule has 32 heavy (non-hydrogen) atoms. The third-order valence-electron chi connectivity index (χ3n) is 4.90. The van der Waals surface area contributed by atoms with Crippen molar-refractivity contribution in [2.75, 3.05) is 7.11 Å². The van der Waals surface area contributed by atoms with Crippen molar-refractivity contribution in [1.82, 2.24) is 9.55 Å². The number of aliphatic carboxylic acids is 1. The van der Waals surface area contributed by atoms with Crippen molar-refractivity contribution in [3.63, 3.8) is 0 Å². The molecule has 1 aromatic heterocycles. The van der Waals surface area contributed by atoms with Gasteiger partial charge in [0.2, 0.25) is 0 Å². The van der Waals surface area contributed by atoms with Crippen LogP contribution in [0.2, 0.25) is 0 Å². The Morgan fingerprint density at radius 1 is 1.06 bits per heavy atom. The topological polar surface area (TPSA) is 81.4 Å². The first-order chi connectivity index (χ1) is 15.5. The number of thioether (sulfide) groups is 1. The molecule has 0 fully saturated rings. The molecule has 0 aliphatic heterocycles. The molecule has 3 aromatic carbocycles. The van der Waals surface area contributed by atoms with E-state index in [1.54, 1.807) is 37.4 Å². The van der Waals surface area contributed by atoms with Crippen LogP contribution < -0.4 is 4.74 Å². The van der Waals surface area contributed by atoms with Crippen molar-refractivity contribution in [3.05, 3.63) is 89.2 Å². The van der Waals surface area contributed by atoms with Gasteiger partial charge in [-0.1, -0.05) is 42.1 Å². The summed E-state index contributed by atoms with van der Waals surface area (Å²) in [6.07, 6.45) is 0. The van der Waals surface area contributed by atoms with E-state index in [1.807, 2.05) is 18.2 Å². The van der Waals surface area contributed by atoms with Gasteiger partial charge >= 0.3 is 5.97 Å². The molecule has 162 valence electrons. The van der Waals surface area contributed by atoms with E-state index < -0.39 is 11.8 Å². The zero-order valence-electron chi connectivity index (χ0n) is 17.1. The number of imidazole rings is 1. The Morgan fingerprint density at radius 3 is 2.56 bits per heavy atom. The van der Waals surface area contributed by atoms with Crippen LogP contribution in [0, 0.1) is 5.82 Å². The number of methoxy groups -OCH3 is 1. The fourth-order valence-corrected chi connectivity index (χ4v) is 4.40. The number of carboxylic acid groups (broad SMARTS) is 1. The van der Waals surface area contributed by atoms with E-state index in [2.05, 4.69) is 4.98 Å². The van der Waals surface area contributed by atoms with Crippen LogP contribution in [-0.4, -0.2) is 33.5 Å². The maximum absolute atomic E-state index is 13.6. The molecule has 0 saturated carbocycles. The average molecular weight is 450 g/mol. The molecular formula is C24H19FN2O4S. The lowest BCUT2D eigenvalue weighted by molar-refractivity contribution is -0.137. The van der Waals surface area contributed by atoms with E-state index in [-0.39, 0.29) is 12.3 Å². The molecule has 0 bridgehead atoms. The summed E-state index contributed by atoms with van der Waals surface area (Å²) < 4.78 is 20.6. The highest BCUT2D eigenvalue weighted by Crippen LogP contribution is 2.31. The van der Waals surface area contributed by atoms with Crippen LogP contribution >= 0.6 is 11.8 Å². The predicted molar refractivity (Wildman–Crippen MR) is 120 cm³/mol. The smallest absolute Gasteiger partial charge is 0.323 e. The lowest BCUT2D eigenvalue weighted by Gasteiger charge is -2.11. The van der Waals surface area contributed by atoms with Gasteiger partial charge in [0.1, 0.15) is 18.1 Å². The number of hydrogen-bond acceptors (Lipinski definition) is 5. The number of fused-ring (bicyclic) bond motifs is 1. The SMILES string of the molecule is COc1ccc(C(=O)c2ccccc2)cc1CSc1nc2cc(F)ccc2n1CC(=O)O. The number of benzene rings is 3. The minimum absolute atomic E-state index is 0.104. The highest BCUT2D eigenvalue weighted by molar-refractivity contribution is 7.98. The number of halogens is 1. The van der Waals surface area contributed by atoms with Crippen molar-refractivity contribution < 1.29 is 23.8 Å². The van der Waals surface area contributed by atoms with Crippen LogP contribution in [0.1, 0.15) is 21.5 Å². The first-order valence-electron chi connectivity index (χ1n) is 9.73. The second-order valence-electron chi connectivity index (χ2n) is 7.02. The molecule has 0 aliphatic rings. The van der Waals surface area contributed by atoms with Gasteiger partial charge in [0.05, 0.1) is 18.1 Å². The monoisotopic (exact) mass is 450 g/mol. The van der Waals surface area contributed by atoms with Gasteiger partial charge in [-0.25, -0.2) is 9.37 Å². The van der Waals surface area contributed by atoms with Gasteiger partial charge in [-0.15, -0.1) is 0 Å². The second kappa shape index (κ2) is 9.23. The Balaban J connectivity index is 1.65. The van der Waals surface area contributed by atoms with Gasteiger partial charge in [-0.2, -0.15) is 0 Å². The van der Waals surface area contributed by atoms with Crippen LogP contribution in [0.5, 0.6) is 5.75 Å². The van der Waals surface area contributed by atoms with Crippen molar-refractivity contribution in [1.29, 1.82) is 0 Å². The molecule has 0 unspecified atom stereocenters. The van der Waals surface area contributed by atoms with Gasteiger partial charge in [-0.05, 0) is 30.3 Å². The van der Waals surface area contributed by atoms with Crippen LogP contribution in [0.3, 0.4) is 0 Å². The average Bonchev–Trinajstić information content (AvgIpc) is 3.13. The van der Waals surface area contributed by atoms with E-state index in [4.69, 9.17) is 4.74 Å². The second-order valence-corrected chi connectivity index (χ2v) is 7.96. The van der Waals surface area contributed by atoms with Crippen molar-refractivity contribution in [2.24, 2.45) is 0 Å². The Hall–Kier alpha value is -3.65. The fraction of sp³-hybridized carbons (Fsp3) is 0.125. The first kappa shape index (κ1) is 21.6. The van der Waals surface area contributed by atoms with E-state index in [0.717, 1.165) is 5.56 Å². The van der Waals surface area contributed by atoms with Gasteiger partial charge in [0, 0.05) is 28.5 Å². The van der Waals surface area contributed by atoms with Crippen molar-refractivity contribution >= 4 is 34.5 Å². The summed E-state index contributed by atoms with van der Waals surface area (Å²) in [5.74, 6) is -0.585. The van der Waals surface area contributed by atoms with Crippen molar-refractivity contribution in [2.45, 2.75) is 17.5 Å². The number of ketones is 1. The van der Waals surface area contributed by atoms with Crippen LogP contribution in [0.4, 0.5) is 4.39 Å². The maximum Gasteiger partial charge on any atom is 0.323 e. The molecule has 8 heteroatoms. The van der Waals surface area contributed by atoms with Gasteiger partial charge in [0.25, 0.3) is 0 Å². The number of aromatic nitrogens is 2. The number of carboxylic acids is 1. The zero-order valence-corrected chi connectivity index (χ0v) is 17.9. The van der Waals surface area contributed by atoms with Crippen LogP contribution in [0.15, 0.2) is 71.9 Å². The lowest BCUT2D eigenvalue weighted by Crippen LogP contribution is -2.09. The largest absolute Gasteiger partial charge is 0.496 e. The summed E-state index contributed by atoms with van der Waals surface area (Å²) in [5.41, 5.74) is 2.79. The number of ether oxygens (including phenoxy) is 1. The Labute approximate surface area is 187 Å². The summed E-state index contributed by atoms with van der Waals surface area (Å²) >= 11 is 1.29. The van der Waals surface area contributed by atoms with E-state index >= 15 is 0 Å². The number of nitrogens with zero attached hydrogens (tertiary/aromatic N) is 2. The molecule has 4 rings (SSSR count). The lowest BCUT2D eigenvalue weighted by atomic mass is 10.0. The zero-order chi connectivity index (χ0) is 22.7. The van der Waals surface area contributed by atoms with E-state index in [1.165, 1.54) is 34.5 Å². The minimum atomic E-state index is -1.02. The summed E-state index contributed by atoms with van der Waals surface area (Å²) in [6, 6.07) is 18.3. The molecule has 1 heterocycles. The van der Waals surface area contributed by atoms with E-state index in [9.17, 15) is 19.1 Å². The summed E-state index contributed by atoms with van der Waals surface area (Å²) in [5, 5.41) is 9.75. The highest BCUT2D eigenvalue weighted by atomic mass is 32.2. The first-order valence-corrected chi connectivity index (χ1v) is 10.7. The van der Waals surface area contributed by atoms with Gasteiger partial charge in [0.15, 0.2) is 10.9 Å². The molecule has 6 nitrogen and oxygen atoms in total. The summed E-state index contributed by atoms with van der Waals surface area (Å²) in [6.45, 7) is -0.297.